The lowest BCUT2D eigenvalue weighted by Crippen LogP contribution is -2.51. The third kappa shape index (κ3) is 2.36. The van der Waals surface area contributed by atoms with Gasteiger partial charge in [0.2, 0.25) is 0 Å². The van der Waals surface area contributed by atoms with Gasteiger partial charge in [-0.25, -0.2) is 0 Å². The molecule has 2 aliphatic carbocycles. The molecule has 1 atom stereocenters. The molecule has 15 heavy (non-hydrogen) atoms. The molecule has 2 fully saturated rings. The van der Waals surface area contributed by atoms with Crippen LogP contribution >= 0.6 is 0 Å². The Labute approximate surface area is 93.2 Å². The van der Waals surface area contributed by atoms with Crippen molar-refractivity contribution < 1.29 is 5.11 Å². The van der Waals surface area contributed by atoms with Gasteiger partial charge in [0.05, 0.1) is 6.10 Å². The molecular weight excluding hydrogens is 186 g/mol. The zero-order valence-electron chi connectivity index (χ0n) is 9.91. The highest BCUT2D eigenvalue weighted by Gasteiger charge is 2.40. The zero-order chi connectivity index (χ0) is 10.9. The van der Waals surface area contributed by atoms with E-state index >= 15 is 0 Å². The Balaban J connectivity index is 1.95. The molecule has 2 rings (SSSR count). The van der Waals surface area contributed by atoms with Gasteiger partial charge in [-0.1, -0.05) is 12.8 Å². The van der Waals surface area contributed by atoms with Crippen LogP contribution in [0.3, 0.4) is 0 Å². The molecule has 0 radical (unpaired) electrons. The standard InChI is InChI=1S/C13H25NO/c1-13(14,10-4-2-3-5-10)11-6-8-12(15)9-7-11/h10-12,15H,2-9,14H2,1H3. The molecule has 0 aromatic heterocycles. The summed E-state index contributed by atoms with van der Waals surface area (Å²) in [6.07, 6.45) is 9.52. The largest absolute Gasteiger partial charge is 0.393 e. The van der Waals surface area contributed by atoms with Gasteiger partial charge in [0, 0.05) is 5.54 Å². The van der Waals surface area contributed by atoms with E-state index in [0.717, 1.165) is 31.6 Å². The molecule has 0 saturated heterocycles. The van der Waals surface area contributed by atoms with Gasteiger partial charge in [0.25, 0.3) is 0 Å². The van der Waals surface area contributed by atoms with Gasteiger partial charge in [0.15, 0.2) is 0 Å². The molecule has 2 saturated carbocycles. The summed E-state index contributed by atoms with van der Waals surface area (Å²) in [4.78, 5) is 0. The van der Waals surface area contributed by atoms with Gasteiger partial charge in [-0.3, -0.25) is 0 Å². The summed E-state index contributed by atoms with van der Waals surface area (Å²) in [7, 11) is 0. The fourth-order valence-electron chi connectivity index (χ4n) is 3.58. The van der Waals surface area contributed by atoms with Crippen LogP contribution in [0.4, 0.5) is 0 Å². The monoisotopic (exact) mass is 211 g/mol. The molecule has 2 heteroatoms. The second-order valence-electron chi connectivity index (χ2n) is 5.85. The first-order valence-corrected chi connectivity index (χ1v) is 6.57. The highest BCUT2D eigenvalue weighted by atomic mass is 16.3. The van der Waals surface area contributed by atoms with E-state index in [2.05, 4.69) is 6.92 Å². The van der Waals surface area contributed by atoms with E-state index in [1.54, 1.807) is 0 Å². The first-order valence-electron chi connectivity index (χ1n) is 6.57. The van der Waals surface area contributed by atoms with Crippen LogP contribution in [-0.2, 0) is 0 Å². The Kier molecular flexibility index (Phi) is 3.36. The Morgan fingerprint density at radius 1 is 0.933 bits per heavy atom. The third-order valence-electron chi connectivity index (χ3n) is 4.81. The van der Waals surface area contributed by atoms with Gasteiger partial charge in [0.1, 0.15) is 0 Å². The molecule has 1 unspecified atom stereocenters. The predicted molar refractivity (Wildman–Crippen MR) is 62.5 cm³/mol. The van der Waals surface area contributed by atoms with Crippen molar-refractivity contribution in [3.63, 3.8) is 0 Å². The average Bonchev–Trinajstić information content (AvgIpc) is 2.71. The predicted octanol–water partition coefficient (Wildman–Crippen LogP) is 2.45. The fraction of sp³-hybridized carbons (Fsp3) is 1.00. The van der Waals surface area contributed by atoms with E-state index in [0.29, 0.717) is 5.92 Å². The minimum Gasteiger partial charge on any atom is -0.393 e. The minimum absolute atomic E-state index is 0.0244. The molecule has 3 N–H and O–H groups in total. The van der Waals surface area contributed by atoms with Gasteiger partial charge < -0.3 is 10.8 Å². The van der Waals surface area contributed by atoms with Gasteiger partial charge in [-0.05, 0) is 57.3 Å². The van der Waals surface area contributed by atoms with E-state index in [-0.39, 0.29) is 11.6 Å². The summed E-state index contributed by atoms with van der Waals surface area (Å²) in [6.45, 7) is 2.26. The molecule has 0 bridgehead atoms. The van der Waals surface area contributed by atoms with Crippen LogP contribution in [0.2, 0.25) is 0 Å². The molecule has 0 heterocycles. The van der Waals surface area contributed by atoms with Crippen LogP contribution in [0.5, 0.6) is 0 Å². The lowest BCUT2D eigenvalue weighted by atomic mass is 9.69. The Morgan fingerprint density at radius 3 is 1.93 bits per heavy atom. The van der Waals surface area contributed by atoms with Crippen LogP contribution in [0.1, 0.15) is 58.3 Å². The Morgan fingerprint density at radius 2 is 1.40 bits per heavy atom. The molecule has 2 aliphatic rings. The molecule has 0 aromatic rings. The van der Waals surface area contributed by atoms with Gasteiger partial charge >= 0.3 is 0 Å². The number of aliphatic hydroxyl groups excluding tert-OH is 1. The summed E-state index contributed by atoms with van der Waals surface area (Å²) in [5.41, 5.74) is 6.59. The number of hydrogen-bond acceptors (Lipinski definition) is 2. The molecular formula is C13H25NO. The topological polar surface area (TPSA) is 46.2 Å². The van der Waals surface area contributed by atoms with Crippen molar-refractivity contribution >= 4 is 0 Å². The Bertz CT molecular complexity index is 201. The molecule has 0 amide bonds. The molecule has 0 spiro atoms. The van der Waals surface area contributed by atoms with E-state index in [4.69, 9.17) is 5.73 Å². The van der Waals surface area contributed by atoms with Gasteiger partial charge in [-0.15, -0.1) is 0 Å². The van der Waals surface area contributed by atoms with E-state index in [1.165, 1.54) is 25.7 Å². The quantitative estimate of drug-likeness (QED) is 0.737. The van der Waals surface area contributed by atoms with Crippen molar-refractivity contribution in [1.29, 1.82) is 0 Å². The van der Waals surface area contributed by atoms with E-state index < -0.39 is 0 Å². The first kappa shape index (κ1) is 11.4. The van der Waals surface area contributed by atoms with Crippen LogP contribution < -0.4 is 5.73 Å². The van der Waals surface area contributed by atoms with Crippen LogP contribution in [0, 0.1) is 11.8 Å². The minimum atomic E-state index is -0.0550. The second kappa shape index (κ2) is 4.42. The van der Waals surface area contributed by atoms with Crippen LogP contribution in [-0.4, -0.2) is 16.7 Å². The molecule has 88 valence electrons. The first-order chi connectivity index (χ1) is 7.10. The van der Waals surface area contributed by atoms with Gasteiger partial charge in [-0.2, -0.15) is 0 Å². The lowest BCUT2D eigenvalue weighted by Gasteiger charge is -2.42. The second-order valence-corrected chi connectivity index (χ2v) is 5.85. The zero-order valence-corrected chi connectivity index (χ0v) is 9.91. The van der Waals surface area contributed by atoms with E-state index in [1.807, 2.05) is 0 Å². The SMILES string of the molecule is CC(N)(C1CCCC1)C1CCC(O)CC1. The number of nitrogens with two attached hydrogens (primary N) is 1. The molecule has 0 aliphatic heterocycles. The van der Waals surface area contributed by atoms with Crippen molar-refractivity contribution in [3.05, 3.63) is 0 Å². The normalized spacial score (nSPS) is 37.8. The van der Waals surface area contributed by atoms with E-state index in [9.17, 15) is 5.11 Å². The highest BCUT2D eigenvalue weighted by molar-refractivity contribution is 4.96. The third-order valence-corrected chi connectivity index (χ3v) is 4.81. The summed E-state index contributed by atoms with van der Waals surface area (Å²) in [5, 5.41) is 9.52. The maximum atomic E-state index is 9.52. The summed E-state index contributed by atoms with van der Waals surface area (Å²) in [5.74, 6) is 1.38. The summed E-state index contributed by atoms with van der Waals surface area (Å²) >= 11 is 0. The summed E-state index contributed by atoms with van der Waals surface area (Å²) < 4.78 is 0. The lowest BCUT2D eigenvalue weighted by molar-refractivity contribution is 0.0691. The number of hydrogen-bond donors (Lipinski definition) is 2. The summed E-state index contributed by atoms with van der Waals surface area (Å²) in [6, 6.07) is 0. The smallest absolute Gasteiger partial charge is 0.0540 e. The van der Waals surface area contributed by atoms with Crippen molar-refractivity contribution in [3.8, 4) is 0 Å². The average molecular weight is 211 g/mol. The van der Waals surface area contributed by atoms with Crippen molar-refractivity contribution in [2.75, 3.05) is 0 Å². The molecule has 2 nitrogen and oxygen atoms in total. The van der Waals surface area contributed by atoms with Crippen molar-refractivity contribution in [2.24, 2.45) is 17.6 Å². The van der Waals surface area contributed by atoms with Crippen LogP contribution in [0.15, 0.2) is 0 Å². The fourth-order valence-corrected chi connectivity index (χ4v) is 3.58. The molecule has 0 aromatic carbocycles. The van der Waals surface area contributed by atoms with Crippen molar-refractivity contribution in [1.82, 2.24) is 0 Å². The number of aliphatic hydroxyl groups is 1. The number of rotatable bonds is 2. The highest BCUT2D eigenvalue weighted by Crippen LogP contribution is 2.41. The maximum Gasteiger partial charge on any atom is 0.0540 e. The van der Waals surface area contributed by atoms with Crippen molar-refractivity contribution in [2.45, 2.75) is 69.9 Å². The Hall–Kier alpha value is -0.0800. The van der Waals surface area contributed by atoms with Crippen LogP contribution in [0.25, 0.3) is 0 Å². The maximum absolute atomic E-state index is 9.52.